The molecule has 1 heterocycles. The summed E-state index contributed by atoms with van der Waals surface area (Å²) in [6, 6.07) is 3.65. The minimum Gasteiger partial charge on any atom is -0.385 e. The van der Waals surface area contributed by atoms with Gasteiger partial charge >= 0.3 is 0 Å². The highest BCUT2D eigenvalue weighted by Gasteiger charge is 1.98. The lowest BCUT2D eigenvalue weighted by Crippen LogP contribution is -2.05. The van der Waals surface area contributed by atoms with Crippen molar-refractivity contribution in [3.63, 3.8) is 0 Å². The second-order valence-electron chi connectivity index (χ2n) is 2.33. The summed E-state index contributed by atoms with van der Waals surface area (Å²) in [4.78, 5) is 0. The molecule has 0 bridgehead atoms. The lowest BCUT2D eigenvalue weighted by atomic mass is 10.5. The standard InChI is InChI=1S/C7H13N3/c1-2-5-10-6(8)3-4-7(10)9/h3-4H,2,5,8-9H2,1H3. The molecule has 0 aliphatic rings. The van der Waals surface area contributed by atoms with Gasteiger partial charge in [-0.2, -0.15) is 0 Å². The molecule has 3 heteroatoms. The van der Waals surface area contributed by atoms with Crippen molar-refractivity contribution in [3.8, 4) is 0 Å². The van der Waals surface area contributed by atoms with E-state index in [0.717, 1.165) is 24.6 Å². The Morgan fingerprint density at radius 3 is 2.20 bits per heavy atom. The van der Waals surface area contributed by atoms with Crippen LogP contribution >= 0.6 is 0 Å². The summed E-state index contributed by atoms with van der Waals surface area (Å²) in [7, 11) is 0. The van der Waals surface area contributed by atoms with Gasteiger partial charge in [0.2, 0.25) is 0 Å². The lowest BCUT2D eigenvalue weighted by Gasteiger charge is -2.04. The largest absolute Gasteiger partial charge is 0.385 e. The predicted octanol–water partition coefficient (Wildman–Crippen LogP) is 1.06. The first-order chi connectivity index (χ1) is 4.75. The summed E-state index contributed by atoms with van der Waals surface area (Å²) >= 11 is 0. The molecule has 0 aliphatic carbocycles. The molecule has 0 fully saturated rings. The maximum Gasteiger partial charge on any atom is 0.104 e. The van der Waals surface area contributed by atoms with Gasteiger partial charge in [0, 0.05) is 6.54 Å². The number of rotatable bonds is 2. The van der Waals surface area contributed by atoms with E-state index < -0.39 is 0 Å². The fourth-order valence-corrected chi connectivity index (χ4v) is 0.982. The van der Waals surface area contributed by atoms with Crippen molar-refractivity contribution in [1.82, 2.24) is 4.57 Å². The van der Waals surface area contributed by atoms with Crippen molar-refractivity contribution < 1.29 is 0 Å². The summed E-state index contributed by atoms with van der Waals surface area (Å²) in [5, 5.41) is 0. The average Bonchev–Trinajstić information content (AvgIpc) is 2.20. The normalized spacial score (nSPS) is 10.1. The number of nitrogens with two attached hydrogens (primary N) is 2. The highest BCUT2D eigenvalue weighted by atomic mass is 15.1. The number of hydrogen-bond donors (Lipinski definition) is 2. The first kappa shape index (κ1) is 6.99. The van der Waals surface area contributed by atoms with E-state index in [2.05, 4.69) is 6.92 Å². The smallest absolute Gasteiger partial charge is 0.104 e. The third kappa shape index (κ3) is 1.07. The van der Waals surface area contributed by atoms with Crippen molar-refractivity contribution in [1.29, 1.82) is 0 Å². The number of hydrogen-bond acceptors (Lipinski definition) is 2. The van der Waals surface area contributed by atoms with E-state index in [4.69, 9.17) is 11.5 Å². The highest BCUT2D eigenvalue weighted by Crippen LogP contribution is 2.12. The predicted molar refractivity (Wildman–Crippen MR) is 43.5 cm³/mol. The Hall–Kier alpha value is -1.12. The summed E-state index contributed by atoms with van der Waals surface area (Å²) in [6.45, 7) is 3.00. The average molecular weight is 139 g/mol. The van der Waals surface area contributed by atoms with Crippen LogP contribution in [0, 0.1) is 0 Å². The van der Waals surface area contributed by atoms with E-state index in [-0.39, 0.29) is 0 Å². The topological polar surface area (TPSA) is 57.0 Å². The molecule has 0 radical (unpaired) electrons. The second kappa shape index (κ2) is 2.64. The Morgan fingerprint density at radius 1 is 1.30 bits per heavy atom. The fraction of sp³-hybridized carbons (Fsp3) is 0.429. The van der Waals surface area contributed by atoms with Crippen LogP contribution in [-0.4, -0.2) is 4.57 Å². The molecule has 1 aromatic rings. The van der Waals surface area contributed by atoms with Gasteiger partial charge in [-0.05, 0) is 18.6 Å². The van der Waals surface area contributed by atoms with Gasteiger partial charge in [0.05, 0.1) is 0 Å². The third-order valence-electron chi connectivity index (χ3n) is 1.50. The molecule has 1 rings (SSSR count). The molecular weight excluding hydrogens is 126 g/mol. The van der Waals surface area contributed by atoms with Crippen LogP contribution in [0.25, 0.3) is 0 Å². The van der Waals surface area contributed by atoms with Gasteiger partial charge in [-0.25, -0.2) is 0 Å². The molecule has 56 valence electrons. The summed E-state index contributed by atoms with van der Waals surface area (Å²) in [5.41, 5.74) is 11.2. The van der Waals surface area contributed by atoms with Crippen molar-refractivity contribution in [2.45, 2.75) is 19.9 Å². The van der Waals surface area contributed by atoms with Gasteiger partial charge in [-0.15, -0.1) is 0 Å². The first-order valence-corrected chi connectivity index (χ1v) is 3.46. The second-order valence-corrected chi connectivity index (χ2v) is 2.33. The highest BCUT2D eigenvalue weighted by molar-refractivity contribution is 5.44. The third-order valence-corrected chi connectivity index (χ3v) is 1.50. The number of nitrogens with zero attached hydrogens (tertiary/aromatic N) is 1. The maximum absolute atomic E-state index is 5.61. The van der Waals surface area contributed by atoms with Crippen molar-refractivity contribution in [3.05, 3.63) is 12.1 Å². The summed E-state index contributed by atoms with van der Waals surface area (Å²) in [6.07, 6.45) is 1.06. The molecule has 0 saturated heterocycles. The van der Waals surface area contributed by atoms with Crippen LogP contribution in [0.4, 0.5) is 11.6 Å². The Labute approximate surface area is 60.6 Å². The Balaban J connectivity index is 2.87. The minimum atomic E-state index is 0.749. The fourth-order valence-electron chi connectivity index (χ4n) is 0.982. The summed E-state index contributed by atoms with van der Waals surface area (Å²) in [5.74, 6) is 1.50. The number of nitrogen functional groups attached to an aromatic ring is 2. The van der Waals surface area contributed by atoms with Gasteiger partial charge < -0.3 is 16.0 Å². The Morgan fingerprint density at radius 2 is 1.80 bits per heavy atom. The molecule has 0 saturated carbocycles. The van der Waals surface area contributed by atoms with E-state index in [1.54, 1.807) is 0 Å². The molecule has 4 N–H and O–H groups in total. The van der Waals surface area contributed by atoms with Crippen LogP contribution in [0.15, 0.2) is 12.1 Å². The van der Waals surface area contributed by atoms with Gasteiger partial charge in [0.15, 0.2) is 0 Å². The molecule has 0 aromatic carbocycles. The van der Waals surface area contributed by atoms with Crippen LogP contribution in [0.1, 0.15) is 13.3 Å². The van der Waals surface area contributed by atoms with Crippen molar-refractivity contribution in [2.75, 3.05) is 11.5 Å². The zero-order chi connectivity index (χ0) is 7.56. The number of aromatic nitrogens is 1. The molecule has 0 amide bonds. The zero-order valence-corrected chi connectivity index (χ0v) is 6.17. The SMILES string of the molecule is CCCn1c(N)ccc1N. The molecule has 3 nitrogen and oxygen atoms in total. The number of anilines is 2. The minimum absolute atomic E-state index is 0.749. The van der Waals surface area contributed by atoms with Gasteiger partial charge in [0.25, 0.3) is 0 Å². The molecule has 0 unspecified atom stereocenters. The zero-order valence-electron chi connectivity index (χ0n) is 6.17. The molecular formula is C7H13N3. The molecule has 1 aromatic heterocycles. The van der Waals surface area contributed by atoms with Crippen LogP contribution in [0.5, 0.6) is 0 Å². The van der Waals surface area contributed by atoms with E-state index >= 15 is 0 Å². The van der Waals surface area contributed by atoms with E-state index in [0.29, 0.717) is 0 Å². The molecule has 0 spiro atoms. The van der Waals surface area contributed by atoms with E-state index in [1.807, 2.05) is 16.7 Å². The van der Waals surface area contributed by atoms with Gasteiger partial charge in [-0.3, -0.25) is 0 Å². The van der Waals surface area contributed by atoms with Crippen LogP contribution in [0.3, 0.4) is 0 Å². The first-order valence-electron chi connectivity index (χ1n) is 3.46. The van der Waals surface area contributed by atoms with Crippen LogP contribution in [0.2, 0.25) is 0 Å². The van der Waals surface area contributed by atoms with Crippen LogP contribution in [-0.2, 0) is 6.54 Å². The molecule has 0 atom stereocenters. The van der Waals surface area contributed by atoms with Crippen molar-refractivity contribution in [2.24, 2.45) is 0 Å². The summed E-state index contributed by atoms with van der Waals surface area (Å²) < 4.78 is 1.90. The van der Waals surface area contributed by atoms with Crippen LogP contribution < -0.4 is 11.5 Å². The van der Waals surface area contributed by atoms with Crippen molar-refractivity contribution >= 4 is 11.6 Å². The monoisotopic (exact) mass is 139 g/mol. The molecule has 0 aliphatic heterocycles. The van der Waals surface area contributed by atoms with E-state index in [9.17, 15) is 0 Å². The van der Waals surface area contributed by atoms with Gasteiger partial charge in [-0.1, -0.05) is 6.92 Å². The van der Waals surface area contributed by atoms with E-state index in [1.165, 1.54) is 0 Å². The molecule has 10 heavy (non-hydrogen) atoms. The maximum atomic E-state index is 5.61. The van der Waals surface area contributed by atoms with Gasteiger partial charge in [0.1, 0.15) is 11.6 Å². The lowest BCUT2D eigenvalue weighted by molar-refractivity contribution is 0.700. The Bertz CT molecular complexity index is 195. The quantitative estimate of drug-likeness (QED) is 0.643. The Kier molecular flexibility index (Phi) is 1.85.